The number of ether oxygens (including phenoxy) is 1. The Morgan fingerprint density at radius 3 is 2.62 bits per heavy atom. The van der Waals surface area contributed by atoms with Gasteiger partial charge in [0.15, 0.2) is 5.69 Å². The van der Waals surface area contributed by atoms with Crippen molar-refractivity contribution in [3.05, 3.63) is 52.8 Å². The first-order valence-electron chi connectivity index (χ1n) is 11.8. The Balaban J connectivity index is 1.50. The van der Waals surface area contributed by atoms with Crippen molar-refractivity contribution < 1.29 is 9.53 Å². The fraction of sp³-hybridized carbons (Fsp3) is 0.600. The van der Waals surface area contributed by atoms with E-state index in [0.29, 0.717) is 18.3 Å². The van der Waals surface area contributed by atoms with Crippen LogP contribution in [0.5, 0.6) is 0 Å². The number of amides is 1. The second kappa shape index (κ2) is 9.73. The zero-order valence-corrected chi connectivity index (χ0v) is 19.9. The minimum Gasteiger partial charge on any atom is -0.379 e. The molecular weight excluding hydrogens is 402 g/mol. The van der Waals surface area contributed by atoms with Gasteiger partial charge in [0.25, 0.3) is 5.91 Å². The van der Waals surface area contributed by atoms with Gasteiger partial charge in [-0.25, -0.2) is 0 Å². The van der Waals surface area contributed by atoms with Crippen molar-refractivity contribution in [3.63, 3.8) is 0 Å². The van der Waals surface area contributed by atoms with Gasteiger partial charge in [0.1, 0.15) is 0 Å². The van der Waals surface area contributed by atoms with Crippen LogP contribution in [0, 0.1) is 0 Å². The third-order valence-electron chi connectivity index (χ3n) is 6.82. The van der Waals surface area contributed by atoms with Crippen LogP contribution in [-0.4, -0.2) is 84.0 Å². The molecule has 2 aliphatic rings. The fourth-order valence-electron chi connectivity index (χ4n) is 4.81. The molecule has 0 spiro atoms. The number of rotatable bonds is 7. The molecular formula is C25H37N5O2. The second-order valence-electron chi connectivity index (χ2n) is 9.85. The lowest BCUT2D eigenvalue weighted by Crippen LogP contribution is -2.56. The van der Waals surface area contributed by atoms with Gasteiger partial charge in [0.05, 0.1) is 19.8 Å². The van der Waals surface area contributed by atoms with Gasteiger partial charge in [-0.05, 0) is 38.7 Å². The fourth-order valence-corrected chi connectivity index (χ4v) is 4.81. The maximum absolute atomic E-state index is 12.9. The van der Waals surface area contributed by atoms with Crippen molar-refractivity contribution >= 4 is 5.91 Å². The molecule has 0 radical (unpaired) electrons. The summed E-state index contributed by atoms with van der Waals surface area (Å²) in [5.74, 6) is -0.0117. The van der Waals surface area contributed by atoms with Crippen LogP contribution < -0.4 is 5.32 Å². The number of benzene rings is 1. The molecule has 0 bridgehead atoms. The molecule has 2 heterocycles. The maximum atomic E-state index is 12.9. The normalized spacial score (nSPS) is 19.6. The molecule has 4 rings (SSSR count). The van der Waals surface area contributed by atoms with Gasteiger partial charge in [-0.2, -0.15) is 5.10 Å². The lowest BCUT2D eigenvalue weighted by Gasteiger charge is -2.42. The average molecular weight is 440 g/mol. The predicted octanol–water partition coefficient (Wildman–Crippen LogP) is 2.19. The van der Waals surface area contributed by atoms with Crippen LogP contribution in [-0.2, 0) is 24.1 Å². The van der Waals surface area contributed by atoms with Gasteiger partial charge in [-0.3, -0.25) is 14.4 Å². The molecule has 1 saturated heterocycles. The summed E-state index contributed by atoms with van der Waals surface area (Å²) in [5.41, 5.74) is 4.22. The number of hydrogen-bond donors (Lipinski definition) is 1. The van der Waals surface area contributed by atoms with E-state index in [1.54, 1.807) is 19.0 Å². The van der Waals surface area contributed by atoms with Gasteiger partial charge in [-0.15, -0.1) is 0 Å². The topological polar surface area (TPSA) is 62.6 Å². The Hall–Kier alpha value is -2.22. The number of hydrogen-bond acceptors (Lipinski definition) is 5. The Labute approximate surface area is 191 Å². The predicted molar refractivity (Wildman–Crippen MR) is 126 cm³/mol. The number of carbonyl (C=O) groups excluding carboxylic acids is 1. The first-order valence-corrected chi connectivity index (χ1v) is 11.8. The highest BCUT2D eigenvalue weighted by Gasteiger charge is 2.32. The van der Waals surface area contributed by atoms with Crippen molar-refractivity contribution in [2.45, 2.75) is 51.2 Å². The van der Waals surface area contributed by atoms with Gasteiger partial charge >= 0.3 is 0 Å². The van der Waals surface area contributed by atoms with Crippen molar-refractivity contribution in [1.29, 1.82) is 0 Å². The number of nitrogens with one attached hydrogen (secondary N) is 1. The largest absolute Gasteiger partial charge is 0.379 e. The van der Waals surface area contributed by atoms with Gasteiger partial charge in [0.2, 0.25) is 0 Å². The van der Waals surface area contributed by atoms with E-state index in [0.717, 1.165) is 57.7 Å². The van der Waals surface area contributed by atoms with E-state index in [2.05, 4.69) is 40.9 Å². The van der Waals surface area contributed by atoms with Crippen molar-refractivity contribution in [3.8, 4) is 0 Å². The van der Waals surface area contributed by atoms with E-state index in [-0.39, 0.29) is 11.4 Å². The van der Waals surface area contributed by atoms with E-state index in [1.165, 1.54) is 11.3 Å². The van der Waals surface area contributed by atoms with Crippen molar-refractivity contribution in [2.24, 2.45) is 0 Å². The third-order valence-corrected chi connectivity index (χ3v) is 6.82. The van der Waals surface area contributed by atoms with E-state index in [4.69, 9.17) is 9.84 Å². The molecule has 1 aromatic carbocycles. The van der Waals surface area contributed by atoms with Gasteiger partial charge < -0.3 is 15.0 Å². The number of morpholine rings is 1. The zero-order chi connectivity index (χ0) is 22.7. The molecule has 1 fully saturated rings. The quantitative estimate of drug-likeness (QED) is 0.717. The Kier molecular flexibility index (Phi) is 6.98. The molecule has 2 aromatic rings. The van der Waals surface area contributed by atoms with Crippen LogP contribution in [0.4, 0.5) is 0 Å². The molecule has 1 aliphatic heterocycles. The summed E-state index contributed by atoms with van der Waals surface area (Å²) >= 11 is 0. The molecule has 1 atom stereocenters. The molecule has 1 aliphatic carbocycles. The molecule has 1 aromatic heterocycles. The summed E-state index contributed by atoms with van der Waals surface area (Å²) in [6.45, 7) is 9.82. The van der Waals surface area contributed by atoms with Crippen LogP contribution in [0.2, 0.25) is 0 Å². The summed E-state index contributed by atoms with van der Waals surface area (Å²) in [4.78, 5) is 17.1. The Morgan fingerprint density at radius 2 is 1.94 bits per heavy atom. The molecule has 32 heavy (non-hydrogen) atoms. The van der Waals surface area contributed by atoms with Crippen LogP contribution in [0.15, 0.2) is 30.3 Å². The first kappa shape index (κ1) is 23.0. The third kappa shape index (κ3) is 5.05. The lowest BCUT2D eigenvalue weighted by molar-refractivity contribution is -0.0104. The zero-order valence-electron chi connectivity index (χ0n) is 19.9. The molecule has 7 nitrogen and oxygen atoms in total. The average Bonchev–Trinajstić information content (AvgIpc) is 3.16. The number of fused-ring (bicyclic) bond motifs is 1. The molecule has 1 unspecified atom stereocenters. The lowest BCUT2D eigenvalue weighted by atomic mass is 9.90. The number of nitrogens with zero attached hydrogens (tertiary/aromatic N) is 4. The summed E-state index contributed by atoms with van der Waals surface area (Å²) in [7, 11) is 3.60. The Morgan fingerprint density at radius 1 is 1.22 bits per heavy atom. The van der Waals surface area contributed by atoms with E-state index >= 15 is 0 Å². The van der Waals surface area contributed by atoms with Crippen molar-refractivity contribution in [1.82, 2.24) is 24.9 Å². The van der Waals surface area contributed by atoms with Crippen LogP contribution in [0.3, 0.4) is 0 Å². The minimum absolute atomic E-state index is 0.0117. The summed E-state index contributed by atoms with van der Waals surface area (Å²) in [6.07, 6.45) is 2.84. The Bertz CT molecular complexity index is 916. The van der Waals surface area contributed by atoms with Gasteiger partial charge in [0, 0.05) is 56.6 Å². The first-order chi connectivity index (χ1) is 15.3. The smallest absolute Gasteiger partial charge is 0.274 e. The van der Waals surface area contributed by atoms with Gasteiger partial charge in [-0.1, -0.05) is 30.3 Å². The summed E-state index contributed by atoms with van der Waals surface area (Å²) in [5, 5.41) is 8.61. The second-order valence-corrected chi connectivity index (χ2v) is 9.85. The highest BCUT2D eigenvalue weighted by Crippen LogP contribution is 2.27. The molecule has 7 heteroatoms. The van der Waals surface area contributed by atoms with Crippen LogP contribution in [0.1, 0.15) is 47.6 Å². The standard InChI is InChI=1S/C25H37N5O2/c1-25(2,29-12-14-32-15-13-29)18-26-20-10-11-22-21(16-20)23(24(31)28(3)4)27-30(22)17-19-8-6-5-7-9-19/h5-9,20,26H,10-18H2,1-4H3. The van der Waals surface area contributed by atoms with Crippen LogP contribution in [0.25, 0.3) is 0 Å². The van der Waals surface area contributed by atoms with Crippen LogP contribution >= 0.6 is 0 Å². The summed E-state index contributed by atoms with van der Waals surface area (Å²) < 4.78 is 7.57. The van der Waals surface area contributed by atoms with E-state index < -0.39 is 0 Å². The summed E-state index contributed by atoms with van der Waals surface area (Å²) in [6, 6.07) is 10.7. The molecule has 1 N–H and O–H groups in total. The highest BCUT2D eigenvalue weighted by atomic mass is 16.5. The SMILES string of the molecule is CN(C)C(=O)c1nn(Cc2ccccc2)c2c1CC(NCC(C)(C)N1CCOCC1)CC2. The van der Waals surface area contributed by atoms with E-state index in [9.17, 15) is 4.79 Å². The van der Waals surface area contributed by atoms with E-state index in [1.807, 2.05) is 18.2 Å². The minimum atomic E-state index is -0.0117. The molecule has 0 saturated carbocycles. The monoisotopic (exact) mass is 439 g/mol. The molecule has 174 valence electrons. The number of carbonyl (C=O) groups is 1. The highest BCUT2D eigenvalue weighted by molar-refractivity contribution is 5.93. The maximum Gasteiger partial charge on any atom is 0.274 e. The molecule has 1 amide bonds. The number of aromatic nitrogens is 2. The van der Waals surface area contributed by atoms with Crippen molar-refractivity contribution in [2.75, 3.05) is 46.9 Å².